The number of likely N-dealkylation sites (tertiary alicyclic amines) is 2. The number of hydrogen-bond donors (Lipinski definition) is 0. The topological polar surface area (TPSA) is 42.0 Å². The molecule has 0 aromatic heterocycles. The molecule has 2 atom stereocenters. The highest BCUT2D eigenvalue weighted by atomic mass is 16.7. The van der Waals surface area contributed by atoms with Gasteiger partial charge < -0.3 is 14.4 Å². The van der Waals surface area contributed by atoms with Crippen molar-refractivity contribution in [3.63, 3.8) is 0 Å². The van der Waals surface area contributed by atoms with Crippen LogP contribution in [-0.2, 0) is 14.3 Å². The van der Waals surface area contributed by atoms with E-state index < -0.39 is 5.79 Å². The molecule has 0 radical (unpaired) electrons. The lowest BCUT2D eigenvalue weighted by Gasteiger charge is -2.42. The fourth-order valence-electron chi connectivity index (χ4n) is 3.89. The molecule has 0 bridgehead atoms. The van der Waals surface area contributed by atoms with E-state index in [4.69, 9.17) is 9.47 Å². The molecule has 0 aliphatic carbocycles. The zero-order chi connectivity index (χ0) is 14.9. The number of piperidine rings is 2. The lowest BCUT2D eigenvalue weighted by atomic mass is 9.98. The Balaban J connectivity index is 1.57. The van der Waals surface area contributed by atoms with Crippen molar-refractivity contribution in [1.29, 1.82) is 0 Å². The van der Waals surface area contributed by atoms with Gasteiger partial charge in [0.1, 0.15) is 0 Å². The predicted octanol–water partition coefficient (Wildman–Crippen LogP) is 1.61. The number of ether oxygens (including phenoxy) is 2. The Morgan fingerprint density at radius 3 is 2.62 bits per heavy atom. The van der Waals surface area contributed by atoms with E-state index in [-0.39, 0.29) is 12.1 Å². The standard InChI is InChI=1S/C16H28N2O3/c1-3-17-9-5-4-6-14(17)15(19)18-10-7-16(8-11-18)20-12-13(2)21-16/h13-14H,3-12H2,1-2H3/t13-,14+/m0/s1. The van der Waals surface area contributed by atoms with Gasteiger partial charge in [0.2, 0.25) is 5.91 Å². The number of hydrogen-bond acceptors (Lipinski definition) is 4. The van der Waals surface area contributed by atoms with Crippen LogP contribution in [0.5, 0.6) is 0 Å². The summed E-state index contributed by atoms with van der Waals surface area (Å²) in [7, 11) is 0. The first-order valence-electron chi connectivity index (χ1n) is 8.48. The van der Waals surface area contributed by atoms with Crippen molar-refractivity contribution in [2.45, 2.75) is 63.9 Å². The van der Waals surface area contributed by atoms with E-state index in [1.807, 2.05) is 11.8 Å². The fraction of sp³-hybridized carbons (Fsp3) is 0.938. The summed E-state index contributed by atoms with van der Waals surface area (Å²) in [5.74, 6) is -0.0924. The molecule has 5 nitrogen and oxygen atoms in total. The van der Waals surface area contributed by atoms with Gasteiger partial charge >= 0.3 is 0 Å². The van der Waals surface area contributed by atoms with Crippen LogP contribution >= 0.6 is 0 Å². The van der Waals surface area contributed by atoms with E-state index in [0.717, 1.165) is 45.4 Å². The first kappa shape index (κ1) is 15.3. The number of nitrogens with zero attached hydrogens (tertiary/aromatic N) is 2. The fourth-order valence-corrected chi connectivity index (χ4v) is 3.89. The molecule has 3 aliphatic heterocycles. The molecule has 21 heavy (non-hydrogen) atoms. The number of carbonyl (C=O) groups excluding carboxylic acids is 1. The van der Waals surface area contributed by atoms with Gasteiger partial charge in [0.05, 0.1) is 18.8 Å². The summed E-state index contributed by atoms with van der Waals surface area (Å²) in [6.45, 7) is 8.44. The second kappa shape index (κ2) is 6.23. The van der Waals surface area contributed by atoms with Gasteiger partial charge in [-0.15, -0.1) is 0 Å². The van der Waals surface area contributed by atoms with Crippen molar-refractivity contribution >= 4 is 5.91 Å². The summed E-state index contributed by atoms with van der Waals surface area (Å²) < 4.78 is 11.8. The molecule has 3 aliphatic rings. The molecular formula is C16H28N2O3. The monoisotopic (exact) mass is 296 g/mol. The SMILES string of the molecule is CCN1CCCC[C@@H]1C(=O)N1CCC2(CC1)OC[C@H](C)O2. The van der Waals surface area contributed by atoms with Crippen molar-refractivity contribution in [3.05, 3.63) is 0 Å². The first-order valence-corrected chi connectivity index (χ1v) is 8.48. The van der Waals surface area contributed by atoms with E-state index in [2.05, 4.69) is 11.8 Å². The normalized spacial score (nSPS) is 33.5. The van der Waals surface area contributed by atoms with Gasteiger partial charge in [-0.2, -0.15) is 0 Å². The Bertz CT molecular complexity index is 380. The lowest BCUT2D eigenvalue weighted by molar-refractivity contribution is -0.195. The molecular weight excluding hydrogens is 268 g/mol. The highest BCUT2D eigenvalue weighted by Gasteiger charge is 2.44. The minimum Gasteiger partial charge on any atom is -0.347 e. The van der Waals surface area contributed by atoms with Gasteiger partial charge in [-0.25, -0.2) is 0 Å². The Morgan fingerprint density at radius 1 is 1.24 bits per heavy atom. The third kappa shape index (κ3) is 3.10. The van der Waals surface area contributed by atoms with Gasteiger partial charge in [-0.3, -0.25) is 9.69 Å². The molecule has 0 unspecified atom stereocenters. The van der Waals surface area contributed by atoms with Crippen LogP contribution in [-0.4, -0.2) is 66.4 Å². The van der Waals surface area contributed by atoms with Gasteiger partial charge in [0.15, 0.2) is 5.79 Å². The minimum atomic E-state index is -0.410. The summed E-state index contributed by atoms with van der Waals surface area (Å²) in [4.78, 5) is 17.2. The molecule has 0 N–H and O–H groups in total. The molecule has 1 spiro atoms. The number of rotatable bonds is 2. The van der Waals surface area contributed by atoms with Crippen molar-refractivity contribution in [3.8, 4) is 0 Å². The van der Waals surface area contributed by atoms with Gasteiger partial charge in [-0.05, 0) is 32.9 Å². The van der Waals surface area contributed by atoms with Crippen LogP contribution in [0.25, 0.3) is 0 Å². The number of likely N-dealkylation sites (N-methyl/N-ethyl adjacent to an activating group) is 1. The van der Waals surface area contributed by atoms with Gasteiger partial charge in [0.25, 0.3) is 0 Å². The van der Waals surface area contributed by atoms with E-state index >= 15 is 0 Å². The third-order valence-corrected chi connectivity index (χ3v) is 5.14. The Hall–Kier alpha value is -0.650. The van der Waals surface area contributed by atoms with Crippen LogP contribution in [0.4, 0.5) is 0 Å². The van der Waals surface area contributed by atoms with Crippen molar-refractivity contribution in [1.82, 2.24) is 9.80 Å². The molecule has 0 aromatic rings. The van der Waals surface area contributed by atoms with Gasteiger partial charge in [-0.1, -0.05) is 13.3 Å². The van der Waals surface area contributed by atoms with Gasteiger partial charge in [0, 0.05) is 25.9 Å². The second-order valence-electron chi connectivity index (χ2n) is 6.62. The zero-order valence-corrected chi connectivity index (χ0v) is 13.3. The maximum Gasteiger partial charge on any atom is 0.239 e. The van der Waals surface area contributed by atoms with Crippen LogP contribution in [0, 0.1) is 0 Å². The molecule has 3 fully saturated rings. The van der Waals surface area contributed by atoms with Crippen LogP contribution in [0.1, 0.15) is 46.0 Å². The average Bonchev–Trinajstić information content (AvgIpc) is 2.88. The maximum atomic E-state index is 12.8. The molecule has 3 saturated heterocycles. The van der Waals surface area contributed by atoms with Crippen LogP contribution in [0.3, 0.4) is 0 Å². The van der Waals surface area contributed by atoms with Crippen molar-refractivity contribution < 1.29 is 14.3 Å². The molecule has 3 rings (SSSR count). The van der Waals surface area contributed by atoms with E-state index in [1.54, 1.807) is 0 Å². The molecule has 0 saturated carbocycles. The van der Waals surface area contributed by atoms with E-state index in [1.165, 1.54) is 12.8 Å². The Labute approximate surface area is 127 Å². The quantitative estimate of drug-likeness (QED) is 0.776. The Morgan fingerprint density at radius 2 is 2.00 bits per heavy atom. The molecule has 1 amide bonds. The van der Waals surface area contributed by atoms with E-state index in [9.17, 15) is 4.79 Å². The molecule has 120 valence electrons. The number of carbonyl (C=O) groups is 1. The summed E-state index contributed by atoms with van der Waals surface area (Å²) in [6, 6.07) is 0.0992. The highest BCUT2D eigenvalue weighted by Crippen LogP contribution is 2.34. The zero-order valence-electron chi connectivity index (χ0n) is 13.3. The summed E-state index contributed by atoms with van der Waals surface area (Å²) in [5.41, 5.74) is 0. The summed E-state index contributed by atoms with van der Waals surface area (Å²) in [6.07, 6.45) is 5.21. The van der Waals surface area contributed by atoms with E-state index in [0.29, 0.717) is 12.5 Å². The molecule has 0 aromatic carbocycles. The average molecular weight is 296 g/mol. The largest absolute Gasteiger partial charge is 0.347 e. The summed E-state index contributed by atoms with van der Waals surface area (Å²) >= 11 is 0. The van der Waals surface area contributed by atoms with Crippen LogP contribution < -0.4 is 0 Å². The lowest BCUT2D eigenvalue weighted by Crippen LogP contribution is -2.55. The highest BCUT2D eigenvalue weighted by molar-refractivity contribution is 5.82. The predicted molar refractivity (Wildman–Crippen MR) is 79.9 cm³/mol. The van der Waals surface area contributed by atoms with Crippen molar-refractivity contribution in [2.24, 2.45) is 0 Å². The van der Waals surface area contributed by atoms with Crippen LogP contribution in [0.2, 0.25) is 0 Å². The Kier molecular flexibility index (Phi) is 4.52. The smallest absolute Gasteiger partial charge is 0.239 e. The second-order valence-corrected chi connectivity index (χ2v) is 6.62. The number of amides is 1. The third-order valence-electron chi connectivity index (χ3n) is 5.14. The summed E-state index contributed by atoms with van der Waals surface area (Å²) in [5, 5.41) is 0. The minimum absolute atomic E-state index is 0.0992. The molecule has 3 heterocycles. The molecule has 5 heteroatoms. The van der Waals surface area contributed by atoms with Crippen LogP contribution in [0.15, 0.2) is 0 Å². The first-order chi connectivity index (χ1) is 10.1. The maximum absolute atomic E-state index is 12.8. The van der Waals surface area contributed by atoms with Crippen molar-refractivity contribution in [2.75, 3.05) is 32.8 Å².